The summed E-state index contributed by atoms with van der Waals surface area (Å²) in [5, 5.41) is 2.87. The lowest BCUT2D eigenvalue weighted by Gasteiger charge is -2.16. The number of methoxy groups -OCH3 is 1. The Kier molecular flexibility index (Phi) is 4.96. The van der Waals surface area contributed by atoms with Crippen LogP contribution < -0.4 is 11.1 Å². The maximum absolute atomic E-state index is 12.1. The normalized spacial score (nSPS) is 21.1. The highest BCUT2D eigenvalue weighted by atomic mass is 16.5. The lowest BCUT2D eigenvalue weighted by atomic mass is 9.99. The molecule has 1 saturated carbocycles. The average Bonchev–Trinajstić information content (AvgIpc) is 2.85. The van der Waals surface area contributed by atoms with Crippen molar-refractivity contribution in [2.24, 2.45) is 11.7 Å². The molecular weight excluding hydrogens is 268 g/mol. The fourth-order valence-corrected chi connectivity index (χ4v) is 2.76. The van der Waals surface area contributed by atoms with Gasteiger partial charge in [0.1, 0.15) is 0 Å². The molecule has 0 radical (unpaired) electrons. The maximum Gasteiger partial charge on any atom is 0.337 e. The molecular formula is C16H22N2O3. The summed E-state index contributed by atoms with van der Waals surface area (Å²) in [6.07, 6.45) is 3.53. The molecule has 5 nitrogen and oxygen atoms in total. The van der Waals surface area contributed by atoms with E-state index in [1.165, 1.54) is 7.11 Å². The Bertz CT molecular complexity index is 542. The van der Waals surface area contributed by atoms with Gasteiger partial charge in [-0.3, -0.25) is 4.79 Å². The first-order valence-electron chi connectivity index (χ1n) is 7.25. The second-order valence-corrected chi connectivity index (χ2v) is 5.63. The van der Waals surface area contributed by atoms with E-state index < -0.39 is 5.97 Å². The van der Waals surface area contributed by atoms with Crippen LogP contribution in [0.1, 0.15) is 41.6 Å². The third-order valence-corrected chi connectivity index (χ3v) is 4.10. The Morgan fingerprint density at radius 2 is 2.14 bits per heavy atom. The maximum atomic E-state index is 12.1. The molecule has 0 unspecified atom stereocenters. The molecule has 2 rings (SSSR count). The zero-order chi connectivity index (χ0) is 15.4. The highest BCUT2D eigenvalue weighted by Crippen LogP contribution is 2.27. The van der Waals surface area contributed by atoms with Crippen molar-refractivity contribution >= 4 is 17.6 Å². The molecule has 1 aliphatic carbocycles. The van der Waals surface area contributed by atoms with Gasteiger partial charge >= 0.3 is 5.97 Å². The van der Waals surface area contributed by atoms with Crippen molar-refractivity contribution in [1.29, 1.82) is 0 Å². The summed E-state index contributed by atoms with van der Waals surface area (Å²) < 4.78 is 4.69. The van der Waals surface area contributed by atoms with Gasteiger partial charge in [-0.05, 0) is 43.4 Å². The van der Waals surface area contributed by atoms with Gasteiger partial charge in [0.2, 0.25) is 5.91 Å². The number of amides is 1. The van der Waals surface area contributed by atoms with E-state index in [0.717, 1.165) is 24.8 Å². The van der Waals surface area contributed by atoms with Crippen molar-refractivity contribution in [3.63, 3.8) is 0 Å². The van der Waals surface area contributed by atoms with Crippen LogP contribution in [0.4, 0.5) is 5.69 Å². The quantitative estimate of drug-likeness (QED) is 0.833. The van der Waals surface area contributed by atoms with Crippen molar-refractivity contribution < 1.29 is 14.3 Å². The number of carbonyl (C=O) groups is 2. The molecule has 2 atom stereocenters. The Labute approximate surface area is 124 Å². The number of nitrogens with one attached hydrogen (secondary N) is 1. The van der Waals surface area contributed by atoms with Gasteiger partial charge in [0.25, 0.3) is 0 Å². The summed E-state index contributed by atoms with van der Waals surface area (Å²) in [6, 6.07) is 5.25. The van der Waals surface area contributed by atoms with E-state index in [4.69, 9.17) is 5.73 Å². The van der Waals surface area contributed by atoms with E-state index in [0.29, 0.717) is 17.7 Å². The Morgan fingerprint density at radius 1 is 1.38 bits per heavy atom. The molecule has 1 aromatic carbocycles. The number of carbonyl (C=O) groups excluding carboxylic acids is 2. The molecule has 0 saturated heterocycles. The third kappa shape index (κ3) is 3.82. The number of anilines is 1. The standard InChI is InChI=1S/C16H22N2O3/c1-10-6-7-12(16(20)21-2)8-14(10)18-15(19)9-11-4-3-5-13(11)17/h6-8,11,13H,3-5,9,17H2,1-2H3,(H,18,19)/t11-,13+/m0/s1. The minimum Gasteiger partial charge on any atom is -0.465 e. The van der Waals surface area contributed by atoms with E-state index in [1.54, 1.807) is 18.2 Å². The average molecular weight is 290 g/mol. The number of hydrogen-bond acceptors (Lipinski definition) is 4. The number of esters is 1. The van der Waals surface area contributed by atoms with Crippen LogP contribution in [-0.2, 0) is 9.53 Å². The largest absolute Gasteiger partial charge is 0.465 e. The summed E-state index contributed by atoms with van der Waals surface area (Å²) in [6.45, 7) is 1.89. The van der Waals surface area contributed by atoms with Crippen LogP contribution in [0, 0.1) is 12.8 Å². The first kappa shape index (κ1) is 15.5. The number of benzene rings is 1. The van der Waals surface area contributed by atoms with Crippen LogP contribution in [0.15, 0.2) is 18.2 Å². The summed E-state index contributed by atoms with van der Waals surface area (Å²) in [4.78, 5) is 23.7. The van der Waals surface area contributed by atoms with E-state index in [1.807, 2.05) is 6.92 Å². The van der Waals surface area contributed by atoms with E-state index in [-0.39, 0.29) is 17.9 Å². The zero-order valence-electron chi connectivity index (χ0n) is 12.5. The molecule has 0 aliphatic heterocycles. The smallest absolute Gasteiger partial charge is 0.337 e. The number of hydrogen-bond donors (Lipinski definition) is 2. The highest BCUT2D eigenvalue weighted by molar-refractivity contribution is 5.95. The van der Waals surface area contributed by atoms with Crippen LogP contribution in [0.3, 0.4) is 0 Å². The summed E-state index contributed by atoms with van der Waals surface area (Å²) in [5.41, 5.74) is 7.97. The molecule has 1 fully saturated rings. The van der Waals surface area contributed by atoms with E-state index >= 15 is 0 Å². The van der Waals surface area contributed by atoms with Crippen LogP contribution in [0.25, 0.3) is 0 Å². The first-order valence-corrected chi connectivity index (χ1v) is 7.25. The highest BCUT2D eigenvalue weighted by Gasteiger charge is 2.26. The number of nitrogens with two attached hydrogens (primary N) is 1. The predicted octanol–water partition coefficient (Wildman–Crippen LogP) is 2.24. The Morgan fingerprint density at radius 3 is 2.76 bits per heavy atom. The fourth-order valence-electron chi connectivity index (χ4n) is 2.76. The van der Waals surface area contributed by atoms with Crippen LogP contribution in [0.2, 0.25) is 0 Å². The lowest BCUT2D eigenvalue weighted by molar-refractivity contribution is -0.117. The van der Waals surface area contributed by atoms with Gasteiger partial charge in [0, 0.05) is 18.2 Å². The number of rotatable bonds is 4. The predicted molar refractivity (Wildman–Crippen MR) is 81.1 cm³/mol. The molecule has 0 heterocycles. The van der Waals surface area contributed by atoms with Gasteiger partial charge in [0.15, 0.2) is 0 Å². The fraction of sp³-hybridized carbons (Fsp3) is 0.500. The van der Waals surface area contributed by atoms with Crippen molar-refractivity contribution in [1.82, 2.24) is 0 Å². The minimum atomic E-state index is -0.414. The Hall–Kier alpha value is -1.88. The van der Waals surface area contributed by atoms with Crippen LogP contribution >= 0.6 is 0 Å². The van der Waals surface area contributed by atoms with Crippen molar-refractivity contribution in [3.05, 3.63) is 29.3 Å². The molecule has 114 valence electrons. The molecule has 0 bridgehead atoms. The molecule has 5 heteroatoms. The second kappa shape index (κ2) is 6.72. The van der Waals surface area contributed by atoms with Gasteiger partial charge in [-0.1, -0.05) is 12.5 Å². The van der Waals surface area contributed by atoms with Crippen LogP contribution in [-0.4, -0.2) is 25.0 Å². The SMILES string of the molecule is COC(=O)c1ccc(C)c(NC(=O)C[C@@H]2CCC[C@H]2N)c1. The van der Waals surface area contributed by atoms with Gasteiger partial charge in [-0.2, -0.15) is 0 Å². The molecule has 1 aliphatic rings. The van der Waals surface area contributed by atoms with Gasteiger partial charge in [0.05, 0.1) is 12.7 Å². The number of aryl methyl sites for hydroxylation is 1. The summed E-state index contributed by atoms with van der Waals surface area (Å²) >= 11 is 0. The van der Waals surface area contributed by atoms with Gasteiger partial charge in [-0.25, -0.2) is 4.79 Å². The number of ether oxygens (including phenoxy) is 1. The van der Waals surface area contributed by atoms with Crippen molar-refractivity contribution in [2.75, 3.05) is 12.4 Å². The van der Waals surface area contributed by atoms with Gasteiger partial charge < -0.3 is 15.8 Å². The van der Waals surface area contributed by atoms with Crippen molar-refractivity contribution in [2.45, 2.75) is 38.6 Å². The monoisotopic (exact) mass is 290 g/mol. The third-order valence-electron chi connectivity index (χ3n) is 4.10. The lowest BCUT2D eigenvalue weighted by Crippen LogP contribution is -2.28. The first-order chi connectivity index (χ1) is 10.0. The molecule has 0 spiro atoms. The van der Waals surface area contributed by atoms with E-state index in [9.17, 15) is 9.59 Å². The summed E-state index contributed by atoms with van der Waals surface area (Å²) in [5.74, 6) is -0.208. The van der Waals surface area contributed by atoms with Crippen molar-refractivity contribution in [3.8, 4) is 0 Å². The van der Waals surface area contributed by atoms with E-state index in [2.05, 4.69) is 10.1 Å². The second-order valence-electron chi connectivity index (χ2n) is 5.63. The molecule has 1 aromatic rings. The van der Waals surface area contributed by atoms with Crippen LogP contribution in [0.5, 0.6) is 0 Å². The topological polar surface area (TPSA) is 81.4 Å². The molecule has 21 heavy (non-hydrogen) atoms. The molecule has 3 N–H and O–H groups in total. The molecule has 0 aromatic heterocycles. The Balaban J connectivity index is 2.04. The van der Waals surface area contributed by atoms with Gasteiger partial charge in [-0.15, -0.1) is 0 Å². The molecule has 1 amide bonds. The minimum absolute atomic E-state index is 0.0533. The summed E-state index contributed by atoms with van der Waals surface area (Å²) in [7, 11) is 1.34. The zero-order valence-corrected chi connectivity index (χ0v) is 12.5.